The molecule has 0 aliphatic rings. The number of aromatic nitrogens is 2. The van der Waals surface area contributed by atoms with Crippen molar-refractivity contribution in [1.82, 2.24) is 9.55 Å². The van der Waals surface area contributed by atoms with Gasteiger partial charge < -0.3 is 0 Å². The Bertz CT molecular complexity index is 622. The van der Waals surface area contributed by atoms with Gasteiger partial charge in [0.15, 0.2) is 0 Å². The van der Waals surface area contributed by atoms with E-state index >= 15 is 0 Å². The fraction of sp³-hybridized carbons (Fsp3) is 0.0625. The minimum absolute atomic E-state index is 0.955. The van der Waals surface area contributed by atoms with E-state index in [4.69, 9.17) is 0 Å². The van der Waals surface area contributed by atoms with Gasteiger partial charge in [-0.15, -0.1) is 0 Å². The van der Waals surface area contributed by atoms with Crippen LogP contribution in [0.1, 0.15) is 5.56 Å². The van der Waals surface area contributed by atoms with E-state index in [-0.39, 0.29) is 0 Å². The number of halogens is 1. The highest BCUT2D eigenvalue weighted by atomic mass is 79.9. The summed E-state index contributed by atoms with van der Waals surface area (Å²) in [6, 6.07) is 16.6. The third kappa shape index (κ3) is 2.47. The molecule has 2 aromatic carbocycles. The van der Waals surface area contributed by atoms with Gasteiger partial charge in [-0.2, -0.15) is 0 Å². The average molecular weight is 313 g/mol. The first-order chi connectivity index (χ1) is 9.24. The first kappa shape index (κ1) is 12.2. The first-order valence-corrected chi connectivity index (χ1v) is 6.90. The van der Waals surface area contributed by atoms with E-state index < -0.39 is 0 Å². The predicted octanol–water partition coefficient (Wildman–Crippen LogP) is 4.61. The lowest BCUT2D eigenvalue weighted by Gasteiger charge is -2.08. The van der Waals surface area contributed by atoms with Gasteiger partial charge in [-0.25, -0.2) is 4.98 Å². The van der Waals surface area contributed by atoms with Crippen LogP contribution >= 0.6 is 15.9 Å². The van der Waals surface area contributed by atoms with E-state index in [9.17, 15) is 0 Å². The molecule has 0 unspecified atom stereocenters. The zero-order chi connectivity index (χ0) is 13.2. The Labute approximate surface area is 120 Å². The summed E-state index contributed by atoms with van der Waals surface area (Å²) in [6.45, 7) is 2.09. The Morgan fingerprint density at radius 3 is 2.32 bits per heavy atom. The molecule has 0 radical (unpaired) electrons. The summed E-state index contributed by atoms with van der Waals surface area (Å²) < 4.78 is 3.17. The highest BCUT2D eigenvalue weighted by Crippen LogP contribution is 2.23. The number of rotatable bonds is 2. The van der Waals surface area contributed by atoms with Crippen LogP contribution < -0.4 is 0 Å². The SMILES string of the molecule is Cc1ccc(-n2ccnc2-c2ccc(Br)cc2)cc1. The van der Waals surface area contributed by atoms with Crippen molar-refractivity contribution in [3.05, 3.63) is 71.0 Å². The number of hydrogen-bond donors (Lipinski definition) is 0. The quantitative estimate of drug-likeness (QED) is 0.675. The maximum Gasteiger partial charge on any atom is 0.144 e. The molecule has 94 valence electrons. The molecule has 0 saturated carbocycles. The molecule has 3 heteroatoms. The molecule has 3 rings (SSSR count). The number of aryl methyl sites for hydroxylation is 1. The van der Waals surface area contributed by atoms with Crippen molar-refractivity contribution in [2.24, 2.45) is 0 Å². The summed E-state index contributed by atoms with van der Waals surface area (Å²) in [5.74, 6) is 0.955. The maximum atomic E-state index is 4.46. The van der Waals surface area contributed by atoms with Crippen LogP contribution in [0.4, 0.5) is 0 Å². The fourth-order valence-electron chi connectivity index (χ4n) is 2.03. The highest BCUT2D eigenvalue weighted by molar-refractivity contribution is 9.10. The minimum Gasteiger partial charge on any atom is -0.300 e. The first-order valence-electron chi connectivity index (χ1n) is 6.10. The standard InChI is InChI=1S/C16H13BrN2/c1-12-2-8-15(9-3-12)19-11-10-18-16(19)13-4-6-14(17)7-5-13/h2-11H,1H3. The van der Waals surface area contributed by atoms with E-state index in [2.05, 4.69) is 68.8 Å². The Balaban J connectivity index is 2.07. The monoisotopic (exact) mass is 312 g/mol. The Kier molecular flexibility index (Phi) is 3.22. The van der Waals surface area contributed by atoms with Gasteiger partial charge in [-0.05, 0) is 31.2 Å². The Morgan fingerprint density at radius 1 is 0.947 bits per heavy atom. The smallest absolute Gasteiger partial charge is 0.144 e. The third-order valence-electron chi connectivity index (χ3n) is 3.06. The van der Waals surface area contributed by atoms with Crippen LogP contribution in [0.2, 0.25) is 0 Å². The molecule has 19 heavy (non-hydrogen) atoms. The van der Waals surface area contributed by atoms with E-state index in [1.165, 1.54) is 5.56 Å². The number of nitrogens with zero attached hydrogens (tertiary/aromatic N) is 2. The summed E-state index contributed by atoms with van der Waals surface area (Å²) in [6.07, 6.45) is 3.82. The van der Waals surface area contributed by atoms with Gasteiger partial charge in [0.05, 0.1) is 0 Å². The summed E-state index contributed by atoms with van der Waals surface area (Å²) in [4.78, 5) is 4.46. The minimum atomic E-state index is 0.955. The molecule has 0 atom stereocenters. The lowest BCUT2D eigenvalue weighted by Crippen LogP contribution is -1.96. The molecule has 0 aliphatic heterocycles. The van der Waals surface area contributed by atoms with Crippen LogP contribution in [0.5, 0.6) is 0 Å². The molecule has 1 heterocycles. The fourth-order valence-corrected chi connectivity index (χ4v) is 2.29. The molecule has 0 spiro atoms. The maximum absolute atomic E-state index is 4.46. The second-order valence-corrected chi connectivity index (χ2v) is 5.38. The molecule has 1 aromatic heterocycles. The van der Waals surface area contributed by atoms with Gasteiger partial charge in [0.25, 0.3) is 0 Å². The van der Waals surface area contributed by atoms with Crippen LogP contribution in [-0.2, 0) is 0 Å². The van der Waals surface area contributed by atoms with Gasteiger partial charge in [0.2, 0.25) is 0 Å². The topological polar surface area (TPSA) is 17.8 Å². The third-order valence-corrected chi connectivity index (χ3v) is 3.58. The number of imidazole rings is 1. The van der Waals surface area contributed by atoms with E-state index in [0.717, 1.165) is 21.5 Å². The molecule has 3 aromatic rings. The zero-order valence-electron chi connectivity index (χ0n) is 10.5. The molecule has 0 fully saturated rings. The van der Waals surface area contributed by atoms with E-state index in [1.807, 2.05) is 24.5 Å². The Morgan fingerprint density at radius 2 is 1.63 bits per heavy atom. The van der Waals surface area contributed by atoms with Gasteiger partial charge in [-0.3, -0.25) is 4.57 Å². The molecule has 0 saturated heterocycles. The molecule has 0 bridgehead atoms. The van der Waals surface area contributed by atoms with Crippen molar-refractivity contribution < 1.29 is 0 Å². The summed E-state index contributed by atoms with van der Waals surface area (Å²) in [5.41, 5.74) is 3.49. The summed E-state index contributed by atoms with van der Waals surface area (Å²) in [5, 5.41) is 0. The van der Waals surface area contributed by atoms with Crippen molar-refractivity contribution >= 4 is 15.9 Å². The van der Waals surface area contributed by atoms with Crippen molar-refractivity contribution in [3.63, 3.8) is 0 Å². The lowest BCUT2D eigenvalue weighted by molar-refractivity contribution is 1.07. The molecule has 0 amide bonds. The zero-order valence-corrected chi connectivity index (χ0v) is 12.1. The van der Waals surface area contributed by atoms with E-state index in [1.54, 1.807) is 0 Å². The van der Waals surface area contributed by atoms with E-state index in [0.29, 0.717) is 0 Å². The molecule has 0 N–H and O–H groups in total. The molecule has 2 nitrogen and oxygen atoms in total. The van der Waals surface area contributed by atoms with Crippen LogP contribution in [0.25, 0.3) is 17.1 Å². The normalized spacial score (nSPS) is 10.6. The lowest BCUT2D eigenvalue weighted by atomic mass is 10.2. The number of hydrogen-bond acceptors (Lipinski definition) is 1. The Hall–Kier alpha value is -1.87. The second-order valence-electron chi connectivity index (χ2n) is 4.46. The van der Waals surface area contributed by atoms with Crippen molar-refractivity contribution in [1.29, 1.82) is 0 Å². The van der Waals surface area contributed by atoms with Crippen molar-refractivity contribution in [3.8, 4) is 17.1 Å². The van der Waals surface area contributed by atoms with Crippen LogP contribution in [0.3, 0.4) is 0 Å². The largest absolute Gasteiger partial charge is 0.300 e. The highest BCUT2D eigenvalue weighted by Gasteiger charge is 2.07. The summed E-state index contributed by atoms with van der Waals surface area (Å²) >= 11 is 3.45. The molecular formula is C16H13BrN2. The second kappa shape index (κ2) is 5.02. The van der Waals surface area contributed by atoms with Crippen LogP contribution in [-0.4, -0.2) is 9.55 Å². The van der Waals surface area contributed by atoms with Gasteiger partial charge in [0.1, 0.15) is 5.82 Å². The van der Waals surface area contributed by atoms with Gasteiger partial charge in [-0.1, -0.05) is 45.8 Å². The van der Waals surface area contributed by atoms with Crippen molar-refractivity contribution in [2.75, 3.05) is 0 Å². The predicted molar refractivity (Wildman–Crippen MR) is 81.4 cm³/mol. The van der Waals surface area contributed by atoms with Crippen LogP contribution in [0.15, 0.2) is 65.4 Å². The van der Waals surface area contributed by atoms with Crippen molar-refractivity contribution in [2.45, 2.75) is 6.92 Å². The van der Waals surface area contributed by atoms with Crippen LogP contribution in [0, 0.1) is 6.92 Å². The molecule has 0 aliphatic carbocycles. The number of benzene rings is 2. The van der Waals surface area contributed by atoms with Gasteiger partial charge >= 0.3 is 0 Å². The average Bonchev–Trinajstić information content (AvgIpc) is 2.90. The molecular weight excluding hydrogens is 300 g/mol. The summed E-state index contributed by atoms with van der Waals surface area (Å²) in [7, 11) is 0. The van der Waals surface area contributed by atoms with Gasteiger partial charge in [0, 0.05) is 28.1 Å².